The van der Waals surface area contributed by atoms with Gasteiger partial charge in [0.05, 0.1) is 11.0 Å². The minimum Gasteiger partial charge on any atom is -0.360 e. The van der Waals surface area contributed by atoms with Crippen molar-refractivity contribution in [1.82, 2.24) is 10.1 Å². The molecule has 0 aliphatic rings. The molecule has 0 saturated carbocycles. The summed E-state index contributed by atoms with van der Waals surface area (Å²) in [6.45, 7) is 0. The minimum absolute atomic E-state index is 0.663. The van der Waals surface area contributed by atoms with E-state index in [0.717, 1.165) is 21.6 Å². The van der Waals surface area contributed by atoms with E-state index < -0.39 is 0 Å². The van der Waals surface area contributed by atoms with Gasteiger partial charge in [-0.3, -0.25) is 4.98 Å². The lowest BCUT2D eigenvalue weighted by atomic mass is 10.2. The van der Waals surface area contributed by atoms with E-state index in [0.29, 0.717) is 5.33 Å². The van der Waals surface area contributed by atoms with E-state index in [9.17, 15) is 0 Å². The van der Waals surface area contributed by atoms with Crippen LogP contribution in [0.2, 0.25) is 0 Å². The molecule has 2 heterocycles. The molecule has 0 atom stereocenters. The van der Waals surface area contributed by atoms with Crippen molar-refractivity contribution in [3.05, 3.63) is 34.6 Å². The quantitative estimate of drug-likeness (QED) is 0.797. The molecule has 0 aliphatic heterocycles. The van der Waals surface area contributed by atoms with Gasteiger partial charge in [0.2, 0.25) is 0 Å². The first-order chi connectivity index (χ1) is 6.79. The molecule has 2 aromatic rings. The third kappa shape index (κ3) is 2.04. The van der Waals surface area contributed by atoms with Gasteiger partial charge < -0.3 is 4.52 Å². The Hall–Kier alpha value is -0.680. The standard InChI is InChI=1S/C9H6Br2N2O/c10-4-7-3-9(13-14-7)8-2-1-6(11)5-12-8/h1-3,5H,4H2. The molecule has 0 aliphatic carbocycles. The molecule has 0 bridgehead atoms. The zero-order chi connectivity index (χ0) is 9.97. The maximum atomic E-state index is 5.05. The summed E-state index contributed by atoms with van der Waals surface area (Å²) >= 11 is 6.62. The van der Waals surface area contributed by atoms with Gasteiger partial charge in [-0.15, -0.1) is 0 Å². The Kier molecular flexibility index (Phi) is 2.98. The van der Waals surface area contributed by atoms with Gasteiger partial charge in [-0.25, -0.2) is 0 Å². The number of aromatic nitrogens is 2. The second-order valence-corrected chi connectivity index (χ2v) is 4.15. The average Bonchev–Trinajstić information content (AvgIpc) is 2.67. The molecule has 72 valence electrons. The fraction of sp³-hybridized carbons (Fsp3) is 0.111. The number of rotatable bonds is 2. The van der Waals surface area contributed by atoms with Gasteiger partial charge in [-0.05, 0) is 28.1 Å². The minimum atomic E-state index is 0.663. The van der Waals surface area contributed by atoms with Crippen LogP contribution in [0.5, 0.6) is 0 Å². The van der Waals surface area contributed by atoms with Crippen LogP contribution in [0, 0.1) is 0 Å². The number of halogens is 2. The monoisotopic (exact) mass is 316 g/mol. The zero-order valence-electron chi connectivity index (χ0n) is 7.08. The molecule has 0 spiro atoms. The first-order valence-corrected chi connectivity index (χ1v) is 5.84. The Morgan fingerprint density at radius 3 is 2.71 bits per heavy atom. The van der Waals surface area contributed by atoms with Crippen molar-refractivity contribution < 1.29 is 4.52 Å². The van der Waals surface area contributed by atoms with E-state index in [1.807, 2.05) is 18.2 Å². The van der Waals surface area contributed by atoms with Crippen LogP contribution >= 0.6 is 31.9 Å². The molecule has 0 aromatic carbocycles. The molecule has 0 unspecified atom stereocenters. The highest BCUT2D eigenvalue weighted by molar-refractivity contribution is 9.10. The smallest absolute Gasteiger partial charge is 0.147 e. The largest absolute Gasteiger partial charge is 0.360 e. The van der Waals surface area contributed by atoms with E-state index in [1.54, 1.807) is 6.20 Å². The molecular formula is C9H6Br2N2O. The highest BCUT2D eigenvalue weighted by Crippen LogP contribution is 2.19. The molecular weight excluding hydrogens is 312 g/mol. The SMILES string of the molecule is BrCc1cc(-c2ccc(Br)cn2)no1. The van der Waals surface area contributed by atoms with Crippen LogP contribution in [0.4, 0.5) is 0 Å². The fourth-order valence-electron chi connectivity index (χ4n) is 1.02. The molecule has 0 fully saturated rings. The number of alkyl halides is 1. The summed E-state index contributed by atoms with van der Waals surface area (Å²) < 4.78 is 6.00. The van der Waals surface area contributed by atoms with Crippen molar-refractivity contribution >= 4 is 31.9 Å². The normalized spacial score (nSPS) is 10.4. The van der Waals surface area contributed by atoms with Gasteiger partial charge in [-0.1, -0.05) is 21.1 Å². The van der Waals surface area contributed by atoms with Gasteiger partial charge in [0.25, 0.3) is 0 Å². The van der Waals surface area contributed by atoms with Crippen LogP contribution in [0.3, 0.4) is 0 Å². The number of nitrogens with zero attached hydrogens (tertiary/aromatic N) is 2. The maximum absolute atomic E-state index is 5.05. The average molecular weight is 318 g/mol. The summed E-state index contributed by atoms with van der Waals surface area (Å²) in [5.74, 6) is 0.796. The molecule has 0 amide bonds. The third-order valence-corrected chi connectivity index (χ3v) is 2.70. The summed E-state index contributed by atoms with van der Waals surface area (Å²) in [5, 5.41) is 4.57. The molecule has 5 heteroatoms. The van der Waals surface area contributed by atoms with Crippen LogP contribution in [0.15, 0.2) is 33.4 Å². The first kappa shape index (κ1) is 9.86. The molecule has 0 N–H and O–H groups in total. The Bertz CT molecular complexity index is 425. The molecule has 2 rings (SSSR count). The lowest BCUT2D eigenvalue weighted by molar-refractivity contribution is 0.397. The highest BCUT2D eigenvalue weighted by Gasteiger charge is 2.05. The van der Waals surface area contributed by atoms with Gasteiger partial charge in [-0.2, -0.15) is 0 Å². The van der Waals surface area contributed by atoms with Crippen molar-refractivity contribution in [2.45, 2.75) is 5.33 Å². The van der Waals surface area contributed by atoms with Crippen molar-refractivity contribution in [1.29, 1.82) is 0 Å². The number of hydrogen-bond donors (Lipinski definition) is 0. The molecule has 3 nitrogen and oxygen atoms in total. The van der Waals surface area contributed by atoms with E-state index in [-0.39, 0.29) is 0 Å². The van der Waals surface area contributed by atoms with Crippen LogP contribution in [-0.4, -0.2) is 10.1 Å². The maximum Gasteiger partial charge on any atom is 0.147 e. The van der Waals surface area contributed by atoms with Crippen LogP contribution < -0.4 is 0 Å². The van der Waals surface area contributed by atoms with Gasteiger partial charge in [0.15, 0.2) is 0 Å². The second-order valence-electron chi connectivity index (χ2n) is 2.67. The van der Waals surface area contributed by atoms with Crippen molar-refractivity contribution in [2.75, 3.05) is 0 Å². The second kappa shape index (κ2) is 4.23. The molecule has 14 heavy (non-hydrogen) atoms. The van der Waals surface area contributed by atoms with Gasteiger partial charge >= 0.3 is 0 Å². The summed E-state index contributed by atoms with van der Waals surface area (Å²) in [4.78, 5) is 4.21. The van der Waals surface area contributed by atoms with E-state index >= 15 is 0 Å². The van der Waals surface area contributed by atoms with Crippen molar-refractivity contribution in [3.63, 3.8) is 0 Å². The fourth-order valence-corrected chi connectivity index (χ4v) is 1.52. The van der Waals surface area contributed by atoms with E-state index in [1.165, 1.54) is 0 Å². The van der Waals surface area contributed by atoms with Gasteiger partial charge in [0.1, 0.15) is 11.5 Å². The first-order valence-electron chi connectivity index (χ1n) is 3.93. The van der Waals surface area contributed by atoms with Gasteiger partial charge in [0, 0.05) is 16.7 Å². The zero-order valence-corrected chi connectivity index (χ0v) is 10.2. The molecule has 2 aromatic heterocycles. The summed E-state index contributed by atoms with van der Waals surface area (Å²) in [6.07, 6.45) is 1.73. The highest BCUT2D eigenvalue weighted by atomic mass is 79.9. The Morgan fingerprint density at radius 2 is 2.14 bits per heavy atom. The number of pyridine rings is 1. The van der Waals surface area contributed by atoms with Crippen LogP contribution in [0.1, 0.15) is 5.76 Å². The Morgan fingerprint density at radius 1 is 1.29 bits per heavy atom. The van der Waals surface area contributed by atoms with Crippen LogP contribution in [-0.2, 0) is 5.33 Å². The molecule has 0 radical (unpaired) electrons. The lowest BCUT2D eigenvalue weighted by Crippen LogP contribution is -1.81. The van der Waals surface area contributed by atoms with Crippen molar-refractivity contribution in [3.8, 4) is 11.4 Å². The summed E-state index contributed by atoms with van der Waals surface area (Å²) in [7, 11) is 0. The van der Waals surface area contributed by atoms with Crippen LogP contribution in [0.25, 0.3) is 11.4 Å². The van der Waals surface area contributed by atoms with E-state index in [2.05, 4.69) is 42.0 Å². The number of hydrogen-bond acceptors (Lipinski definition) is 3. The summed E-state index contributed by atoms with van der Waals surface area (Å²) in [6, 6.07) is 5.68. The Balaban J connectivity index is 2.34. The summed E-state index contributed by atoms with van der Waals surface area (Å²) in [5.41, 5.74) is 1.57. The van der Waals surface area contributed by atoms with E-state index in [4.69, 9.17) is 4.52 Å². The predicted molar refractivity (Wildman–Crippen MR) is 60.1 cm³/mol. The lowest BCUT2D eigenvalue weighted by Gasteiger charge is -1.93. The molecule has 0 saturated heterocycles. The Labute approximate surface area is 97.8 Å². The topological polar surface area (TPSA) is 38.9 Å². The van der Waals surface area contributed by atoms with Crippen molar-refractivity contribution in [2.24, 2.45) is 0 Å². The third-order valence-electron chi connectivity index (χ3n) is 1.68. The predicted octanol–water partition coefficient (Wildman–Crippen LogP) is 3.39.